The van der Waals surface area contributed by atoms with Crippen molar-refractivity contribution in [1.29, 1.82) is 0 Å². The van der Waals surface area contributed by atoms with Crippen molar-refractivity contribution < 1.29 is 13.5 Å². The van der Waals surface area contributed by atoms with Gasteiger partial charge in [0.15, 0.2) is 27.1 Å². The summed E-state index contributed by atoms with van der Waals surface area (Å²) in [5, 5.41) is 13.2. The van der Waals surface area contributed by atoms with E-state index >= 15 is 0 Å². The summed E-state index contributed by atoms with van der Waals surface area (Å²) >= 11 is 0. The highest BCUT2D eigenvalue weighted by Gasteiger charge is 2.30. The Labute approximate surface area is 219 Å². The highest BCUT2D eigenvalue weighted by molar-refractivity contribution is 7.90. The summed E-state index contributed by atoms with van der Waals surface area (Å²) in [6.45, 7) is 3.95. The largest absolute Gasteiger partial charge is 0.390 e. The molecule has 1 fully saturated rings. The maximum atomic E-state index is 13.5. The first-order valence-corrected chi connectivity index (χ1v) is 14.2. The fourth-order valence-electron chi connectivity index (χ4n) is 4.29. The molecule has 0 aliphatic heterocycles. The number of hydrogen-bond acceptors (Lipinski definition) is 11. The minimum absolute atomic E-state index is 0.0592. The van der Waals surface area contributed by atoms with Crippen LogP contribution in [-0.4, -0.2) is 54.3 Å². The van der Waals surface area contributed by atoms with Crippen molar-refractivity contribution >= 4 is 26.8 Å². The maximum absolute atomic E-state index is 13.5. The van der Waals surface area contributed by atoms with Gasteiger partial charge in [0.25, 0.3) is 5.56 Å². The summed E-state index contributed by atoms with van der Waals surface area (Å²) in [5.74, 6) is 0.749. The zero-order chi connectivity index (χ0) is 27.0. The molecule has 0 unspecified atom stereocenters. The van der Waals surface area contributed by atoms with Crippen molar-refractivity contribution in [3.8, 4) is 11.4 Å². The Morgan fingerprint density at radius 3 is 2.55 bits per heavy atom. The minimum Gasteiger partial charge on any atom is -0.390 e. The summed E-state index contributed by atoms with van der Waals surface area (Å²) in [4.78, 5) is 40.5. The lowest BCUT2D eigenvalue weighted by Crippen LogP contribution is -2.27. The average molecular weight is 537 g/mol. The van der Waals surface area contributed by atoms with E-state index in [1.807, 2.05) is 13.8 Å². The molecule has 13 heteroatoms. The van der Waals surface area contributed by atoms with Crippen LogP contribution in [0.4, 0.5) is 5.82 Å². The Balaban J connectivity index is 1.59. The summed E-state index contributed by atoms with van der Waals surface area (Å²) in [5.41, 5.74) is 3.44. The second-order valence-corrected chi connectivity index (χ2v) is 11.4. The molecular formula is C25H28N8O4S. The lowest BCUT2D eigenvalue weighted by molar-refractivity contribution is 0.278. The Morgan fingerprint density at radius 2 is 1.92 bits per heavy atom. The van der Waals surface area contributed by atoms with Crippen molar-refractivity contribution in [3.05, 3.63) is 57.8 Å². The molecule has 4 aromatic heterocycles. The molecule has 1 aliphatic rings. The molecule has 5 rings (SSSR count). The van der Waals surface area contributed by atoms with Gasteiger partial charge in [-0.2, -0.15) is 0 Å². The Bertz CT molecular complexity index is 1680. The van der Waals surface area contributed by atoms with Crippen molar-refractivity contribution in [1.82, 2.24) is 34.5 Å². The number of sulfone groups is 1. The number of hydrogen-bond donors (Lipinski definition) is 2. The van der Waals surface area contributed by atoms with Gasteiger partial charge in [-0.3, -0.25) is 14.3 Å². The Hall–Kier alpha value is -3.84. The van der Waals surface area contributed by atoms with Crippen molar-refractivity contribution in [2.75, 3.05) is 11.6 Å². The Kier molecular flexibility index (Phi) is 6.88. The van der Waals surface area contributed by atoms with Crippen LogP contribution in [0.15, 0.2) is 34.3 Å². The van der Waals surface area contributed by atoms with Crippen LogP contribution in [0.3, 0.4) is 0 Å². The van der Waals surface area contributed by atoms with Gasteiger partial charge in [-0.05, 0) is 38.3 Å². The van der Waals surface area contributed by atoms with E-state index in [9.17, 15) is 18.3 Å². The zero-order valence-electron chi connectivity index (χ0n) is 21.3. The second-order valence-electron chi connectivity index (χ2n) is 9.35. The molecule has 4 aromatic rings. The van der Waals surface area contributed by atoms with Gasteiger partial charge in [0.05, 0.1) is 46.4 Å². The Morgan fingerprint density at radius 1 is 1.13 bits per heavy atom. The molecular weight excluding hydrogens is 508 g/mol. The minimum atomic E-state index is -3.36. The van der Waals surface area contributed by atoms with Gasteiger partial charge in [-0.15, -0.1) is 0 Å². The molecule has 198 valence electrons. The number of pyridine rings is 1. The number of aryl methyl sites for hydroxylation is 2. The number of anilines is 1. The molecule has 12 nitrogen and oxygen atoms in total. The summed E-state index contributed by atoms with van der Waals surface area (Å²) in [6, 6.07) is 3.04. The number of aliphatic hydroxyl groups excluding tert-OH is 1. The fraction of sp³-hybridized carbons (Fsp3) is 0.400. The lowest BCUT2D eigenvalue weighted by Gasteiger charge is -2.16. The highest BCUT2D eigenvalue weighted by atomic mass is 32.2. The van der Waals surface area contributed by atoms with E-state index in [-0.39, 0.29) is 22.8 Å². The van der Waals surface area contributed by atoms with E-state index in [2.05, 4.69) is 30.2 Å². The third-order valence-corrected chi connectivity index (χ3v) is 7.48. The smallest absolute Gasteiger partial charge is 0.294 e. The number of aromatic nitrogens is 7. The normalized spacial score (nSPS) is 13.7. The van der Waals surface area contributed by atoms with E-state index in [4.69, 9.17) is 4.98 Å². The predicted octanol–water partition coefficient (Wildman–Crippen LogP) is 2.14. The number of rotatable bonds is 9. The molecule has 0 bridgehead atoms. The first-order valence-electron chi connectivity index (χ1n) is 12.3. The maximum Gasteiger partial charge on any atom is 0.294 e. The molecule has 2 N–H and O–H groups in total. The molecule has 0 spiro atoms. The topological polar surface area (TPSA) is 166 Å². The standard InChI is InChI=1S/C25H28N8O4S/c1-4-9-33-24-21(31-23(25(33)35)27-10-16-7-8-17(11-26-16)38(3,36)37)18(12-34)30-22(32-24)19-14(2)28-13-29-20(19)15-5-6-15/h7-8,11,13,15,34H,4-6,9-10,12H2,1-3H3,(H,27,31). The third kappa shape index (κ3) is 4.98. The number of nitrogens with zero attached hydrogens (tertiary/aromatic N) is 7. The van der Waals surface area contributed by atoms with Crippen LogP contribution in [0.2, 0.25) is 0 Å². The molecule has 38 heavy (non-hydrogen) atoms. The number of fused-ring (bicyclic) bond motifs is 1. The van der Waals surface area contributed by atoms with E-state index in [1.54, 1.807) is 6.07 Å². The van der Waals surface area contributed by atoms with Gasteiger partial charge in [-0.1, -0.05) is 6.92 Å². The van der Waals surface area contributed by atoms with E-state index in [0.717, 1.165) is 36.0 Å². The van der Waals surface area contributed by atoms with Gasteiger partial charge in [0, 0.05) is 24.9 Å². The molecule has 0 radical (unpaired) electrons. The molecule has 1 saturated carbocycles. The first kappa shape index (κ1) is 25.8. The van der Waals surface area contributed by atoms with Crippen LogP contribution in [0.1, 0.15) is 54.9 Å². The molecule has 0 atom stereocenters. The third-order valence-electron chi connectivity index (χ3n) is 6.38. The number of aliphatic hydroxyl groups is 1. The predicted molar refractivity (Wildman–Crippen MR) is 140 cm³/mol. The lowest BCUT2D eigenvalue weighted by atomic mass is 10.1. The van der Waals surface area contributed by atoms with Crippen LogP contribution in [0.5, 0.6) is 0 Å². The van der Waals surface area contributed by atoms with Crippen LogP contribution in [-0.2, 0) is 29.5 Å². The highest BCUT2D eigenvalue weighted by Crippen LogP contribution is 2.43. The van der Waals surface area contributed by atoms with Crippen molar-refractivity contribution in [2.45, 2.75) is 63.6 Å². The van der Waals surface area contributed by atoms with Gasteiger partial charge >= 0.3 is 0 Å². The molecule has 0 saturated heterocycles. The average Bonchev–Trinajstić information content (AvgIpc) is 3.74. The van der Waals surface area contributed by atoms with Gasteiger partial charge < -0.3 is 10.4 Å². The van der Waals surface area contributed by atoms with Crippen LogP contribution in [0, 0.1) is 6.92 Å². The zero-order valence-corrected chi connectivity index (χ0v) is 22.2. The molecule has 1 aliphatic carbocycles. The monoisotopic (exact) mass is 536 g/mol. The fourth-order valence-corrected chi connectivity index (χ4v) is 4.85. The van der Waals surface area contributed by atoms with Crippen LogP contribution < -0.4 is 10.9 Å². The number of nitrogens with one attached hydrogen (secondary N) is 1. The van der Waals surface area contributed by atoms with Crippen molar-refractivity contribution in [3.63, 3.8) is 0 Å². The van der Waals surface area contributed by atoms with Gasteiger partial charge in [0.2, 0.25) is 0 Å². The van der Waals surface area contributed by atoms with Gasteiger partial charge in [0.1, 0.15) is 11.8 Å². The second kappa shape index (κ2) is 10.1. The summed E-state index contributed by atoms with van der Waals surface area (Å²) in [6.07, 6.45) is 6.67. The molecule has 4 heterocycles. The summed E-state index contributed by atoms with van der Waals surface area (Å²) < 4.78 is 24.9. The van der Waals surface area contributed by atoms with E-state index in [0.29, 0.717) is 47.3 Å². The summed E-state index contributed by atoms with van der Waals surface area (Å²) in [7, 11) is -3.36. The van der Waals surface area contributed by atoms with Gasteiger partial charge in [-0.25, -0.2) is 33.3 Å². The van der Waals surface area contributed by atoms with E-state index in [1.165, 1.54) is 23.2 Å². The van der Waals surface area contributed by atoms with Crippen molar-refractivity contribution in [2.24, 2.45) is 0 Å². The van der Waals surface area contributed by atoms with Crippen LogP contribution >= 0.6 is 0 Å². The SMILES string of the molecule is CCCn1c(=O)c(NCc2ccc(S(C)(=O)=O)cn2)nc2c(CO)nc(-c3c(C)ncnc3C3CC3)nc21. The quantitative estimate of drug-likeness (QED) is 0.322. The first-order chi connectivity index (χ1) is 18.2. The van der Waals surface area contributed by atoms with E-state index < -0.39 is 16.4 Å². The molecule has 0 aromatic carbocycles. The van der Waals surface area contributed by atoms with Crippen LogP contribution in [0.25, 0.3) is 22.6 Å². The molecule has 0 amide bonds.